The molecule has 0 aromatic carbocycles. The number of likely N-dealkylation sites (N-methyl/N-ethyl adjacent to an activating group) is 1. The first-order valence-corrected chi connectivity index (χ1v) is 15.9. The molecule has 0 aliphatic rings. The molecule has 0 radical (unpaired) electrons. The Morgan fingerprint density at radius 3 is 1.10 bits per heavy atom. The maximum Gasteiger partial charge on any atom is 0.326 e. The van der Waals surface area contributed by atoms with Gasteiger partial charge in [0.05, 0.1) is 6.04 Å². The average molecular weight is 717 g/mol. The molecule has 0 aliphatic heterocycles. The lowest BCUT2D eigenvalue weighted by Crippen LogP contribution is -2.45. The second-order valence-electron chi connectivity index (χ2n) is 11.4. The minimum atomic E-state index is -1.61. The van der Waals surface area contributed by atoms with Crippen LogP contribution in [-0.2, 0) is 47.9 Å². The number of carboxylic acid groups (broad SMARTS) is 4. The average Bonchev–Trinajstić information content (AvgIpc) is 3.02. The van der Waals surface area contributed by atoms with Crippen molar-refractivity contribution in [2.75, 3.05) is 13.6 Å². The Morgan fingerprint density at radius 1 is 0.460 bits per heavy atom. The van der Waals surface area contributed by atoms with E-state index in [0.29, 0.717) is 25.8 Å². The molecule has 0 aromatic rings. The van der Waals surface area contributed by atoms with Crippen molar-refractivity contribution in [3.05, 3.63) is 0 Å². The molecule has 0 saturated heterocycles. The Hall–Kier alpha value is -5.14. The molecule has 0 fully saturated rings. The van der Waals surface area contributed by atoms with E-state index in [2.05, 4.69) is 31.9 Å². The lowest BCUT2D eigenvalue weighted by Gasteiger charge is -2.18. The van der Waals surface area contributed by atoms with E-state index in [1.54, 1.807) is 7.05 Å². The zero-order valence-electron chi connectivity index (χ0n) is 28.2. The number of nitrogens with one attached hydrogen (secondary N) is 6. The predicted molar refractivity (Wildman–Crippen MR) is 171 cm³/mol. The van der Waals surface area contributed by atoms with Crippen molar-refractivity contribution < 1.29 is 68.4 Å². The minimum Gasteiger partial charge on any atom is -0.480 e. The Bertz CT molecular complexity index is 1240. The zero-order chi connectivity index (χ0) is 38.4. The van der Waals surface area contributed by atoms with E-state index in [1.165, 1.54) is 6.92 Å². The topological polar surface area (TPSA) is 324 Å². The fourth-order valence-electron chi connectivity index (χ4n) is 4.52. The van der Waals surface area contributed by atoms with Gasteiger partial charge in [0.2, 0.25) is 29.5 Å². The molecular weight excluding hydrogens is 668 g/mol. The number of unbranched alkanes of at least 4 members (excludes halogenated alkanes) is 1. The first-order valence-electron chi connectivity index (χ1n) is 15.9. The van der Waals surface area contributed by atoms with Gasteiger partial charge in [0.1, 0.15) is 30.0 Å². The summed E-state index contributed by atoms with van der Waals surface area (Å²) in [7, 11) is 1.67. The van der Waals surface area contributed by atoms with Crippen LogP contribution >= 0.6 is 0 Å². The maximum atomic E-state index is 12.4. The summed E-state index contributed by atoms with van der Waals surface area (Å²) < 4.78 is 0. The van der Waals surface area contributed by atoms with E-state index < -0.39 is 110 Å². The molecule has 0 unspecified atom stereocenters. The summed E-state index contributed by atoms with van der Waals surface area (Å²) in [4.78, 5) is 118. The first kappa shape index (κ1) is 44.9. The highest BCUT2D eigenvalue weighted by Crippen LogP contribution is 2.07. The third-order valence-electron chi connectivity index (χ3n) is 7.30. The molecule has 282 valence electrons. The number of rotatable bonds is 27. The Labute approximate surface area is 287 Å². The molecule has 0 aromatic heterocycles. The molecule has 10 N–H and O–H groups in total. The van der Waals surface area contributed by atoms with Crippen molar-refractivity contribution >= 4 is 59.2 Å². The van der Waals surface area contributed by atoms with E-state index in [1.807, 2.05) is 0 Å². The highest BCUT2D eigenvalue weighted by atomic mass is 16.4. The largest absolute Gasteiger partial charge is 0.480 e. The van der Waals surface area contributed by atoms with Crippen LogP contribution in [0.4, 0.5) is 0 Å². The van der Waals surface area contributed by atoms with E-state index in [4.69, 9.17) is 5.11 Å². The van der Waals surface area contributed by atoms with Gasteiger partial charge >= 0.3 is 23.9 Å². The summed E-state index contributed by atoms with van der Waals surface area (Å²) in [6, 6.07) is -6.32. The lowest BCUT2D eigenvalue weighted by atomic mass is 10.1. The molecule has 50 heavy (non-hydrogen) atoms. The van der Waals surface area contributed by atoms with Gasteiger partial charge in [0.25, 0.3) is 0 Å². The second-order valence-corrected chi connectivity index (χ2v) is 11.4. The zero-order valence-corrected chi connectivity index (χ0v) is 28.2. The van der Waals surface area contributed by atoms with Gasteiger partial charge in [-0.2, -0.15) is 0 Å². The summed E-state index contributed by atoms with van der Waals surface area (Å²) in [5.41, 5.74) is 0. The first-order chi connectivity index (χ1) is 23.4. The van der Waals surface area contributed by atoms with Crippen LogP contribution in [0.5, 0.6) is 0 Å². The molecule has 0 aliphatic carbocycles. The Kier molecular flexibility index (Phi) is 21.6. The van der Waals surface area contributed by atoms with Crippen LogP contribution in [0, 0.1) is 0 Å². The Balaban J connectivity index is 4.79. The predicted octanol–water partition coefficient (Wildman–Crippen LogP) is -2.13. The minimum absolute atomic E-state index is 0.00219. The Morgan fingerprint density at radius 2 is 0.800 bits per heavy atom. The molecular formula is C30H48N6O14. The van der Waals surface area contributed by atoms with Crippen molar-refractivity contribution in [3.8, 4) is 0 Å². The van der Waals surface area contributed by atoms with Gasteiger partial charge in [-0.1, -0.05) is 0 Å². The third-order valence-corrected chi connectivity index (χ3v) is 7.30. The number of carboxylic acids is 4. The molecule has 0 bridgehead atoms. The molecule has 20 heteroatoms. The number of ketones is 1. The van der Waals surface area contributed by atoms with Crippen molar-refractivity contribution in [1.29, 1.82) is 0 Å². The van der Waals surface area contributed by atoms with Crippen LogP contribution in [0.2, 0.25) is 0 Å². The number of carbonyl (C=O) groups excluding carboxylic acids is 6. The van der Waals surface area contributed by atoms with Crippen LogP contribution in [0.1, 0.15) is 84.5 Å². The quantitative estimate of drug-likeness (QED) is 0.0406. The van der Waals surface area contributed by atoms with E-state index in [9.17, 15) is 63.3 Å². The van der Waals surface area contributed by atoms with Crippen LogP contribution < -0.4 is 31.9 Å². The van der Waals surface area contributed by atoms with Crippen molar-refractivity contribution in [1.82, 2.24) is 31.9 Å². The van der Waals surface area contributed by atoms with Crippen molar-refractivity contribution in [2.45, 2.75) is 115 Å². The highest BCUT2D eigenvalue weighted by Gasteiger charge is 2.27. The molecule has 5 atom stereocenters. The molecule has 0 spiro atoms. The number of carbonyl (C=O) groups is 10. The van der Waals surface area contributed by atoms with Crippen molar-refractivity contribution in [3.63, 3.8) is 0 Å². The summed E-state index contributed by atoms with van der Waals surface area (Å²) >= 11 is 0. The number of hydrogen-bond donors (Lipinski definition) is 10. The van der Waals surface area contributed by atoms with Gasteiger partial charge < -0.3 is 52.3 Å². The summed E-state index contributed by atoms with van der Waals surface area (Å²) in [6.45, 7) is 2.86. The summed E-state index contributed by atoms with van der Waals surface area (Å²) in [6.07, 6.45) is -1.46. The molecule has 0 heterocycles. The van der Waals surface area contributed by atoms with Gasteiger partial charge in [-0.15, -0.1) is 0 Å². The smallest absolute Gasteiger partial charge is 0.326 e. The molecule has 5 amide bonds. The standard InChI is InChI=1S/C30H48N6O14/c1-16(37)18(31-3)6-4-5-15-32-23(39)11-7-20(28(45)46)34-25(41)13-9-22(30(49)50)36-26(42)14-10-21(29(47)48)35-24(40)12-8-19(27(43)44)33-17(2)38/h18-22,31H,4-15H2,1-3H3,(H,32,39)(H,33,38)(H,34,41)(H,35,40)(H,36,42)(H,43,44)(H,45,46)(H,47,48)(H,49,50)/t18-,19-,20-,21-,22-/m0/s1. The van der Waals surface area contributed by atoms with Crippen LogP contribution in [0.3, 0.4) is 0 Å². The van der Waals surface area contributed by atoms with E-state index in [-0.39, 0.29) is 31.1 Å². The summed E-state index contributed by atoms with van der Waals surface area (Å²) in [5.74, 6) is -9.64. The van der Waals surface area contributed by atoms with Crippen LogP contribution in [0.25, 0.3) is 0 Å². The van der Waals surface area contributed by atoms with E-state index >= 15 is 0 Å². The monoisotopic (exact) mass is 716 g/mol. The maximum absolute atomic E-state index is 12.4. The normalized spacial score (nSPS) is 13.7. The number of amides is 5. The fraction of sp³-hybridized carbons (Fsp3) is 0.667. The highest BCUT2D eigenvalue weighted by molar-refractivity contribution is 5.88. The lowest BCUT2D eigenvalue weighted by molar-refractivity contribution is -0.144. The third kappa shape index (κ3) is 20.3. The van der Waals surface area contributed by atoms with Gasteiger partial charge in [-0.25, -0.2) is 19.2 Å². The van der Waals surface area contributed by atoms with Gasteiger partial charge in [0, 0.05) is 39.2 Å². The van der Waals surface area contributed by atoms with Crippen LogP contribution in [0.15, 0.2) is 0 Å². The van der Waals surface area contributed by atoms with E-state index in [0.717, 1.165) is 6.92 Å². The second kappa shape index (κ2) is 24.1. The SMILES string of the molecule is CN[C@@H](CCCCNC(=O)CC[C@H](NC(=O)CC[C@H](NC(=O)CC[C@H](NC(=O)CC[C@H](NC(C)=O)C(=O)O)C(=O)O)C(=O)O)C(=O)O)C(C)=O. The number of hydrogen-bond acceptors (Lipinski definition) is 11. The van der Waals surface area contributed by atoms with Gasteiger partial charge in [-0.3, -0.25) is 28.8 Å². The molecule has 0 rings (SSSR count). The summed E-state index contributed by atoms with van der Waals surface area (Å²) in [5, 5.41) is 51.5. The molecule has 0 saturated carbocycles. The van der Waals surface area contributed by atoms with Gasteiger partial charge in [-0.05, 0) is 58.9 Å². The van der Waals surface area contributed by atoms with Gasteiger partial charge in [0.15, 0.2) is 0 Å². The van der Waals surface area contributed by atoms with Crippen molar-refractivity contribution in [2.24, 2.45) is 0 Å². The number of Topliss-reactive ketones (excluding diaryl/α,β-unsaturated/α-hetero) is 1. The fourth-order valence-corrected chi connectivity index (χ4v) is 4.52. The number of aliphatic carboxylic acids is 4. The molecule has 20 nitrogen and oxygen atoms in total. The van der Waals surface area contributed by atoms with Crippen LogP contribution in [-0.4, -0.2) is 123 Å².